The average Bonchev–Trinajstić information content (AvgIpc) is 3.18. The smallest absolute Gasteiger partial charge is 0.0493 e. The van der Waals surface area contributed by atoms with Crippen molar-refractivity contribution in [1.82, 2.24) is 0 Å². The lowest BCUT2D eigenvalue weighted by atomic mass is 10.0. The number of hydrogen-bond acceptors (Lipinski definition) is 2. The fourth-order valence-corrected chi connectivity index (χ4v) is 6.98. The highest BCUT2D eigenvalue weighted by Crippen LogP contribution is 2.40. The van der Waals surface area contributed by atoms with Crippen LogP contribution in [0.1, 0.15) is 76.3 Å². The molecule has 0 saturated carbocycles. The second-order valence-corrected chi connectivity index (χ2v) is 13.3. The Bertz CT molecular complexity index is 1720. The van der Waals surface area contributed by atoms with Gasteiger partial charge in [0.05, 0.1) is 0 Å². The molecule has 6 aromatic rings. The number of aryl methyl sites for hydroxylation is 2. The van der Waals surface area contributed by atoms with E-state index in [1.54, 1.807) is 0 Å². The van der Waals surface area contributed by atoms with Gasteiger partial charge in [-0.25, -0.2) is 0 Å². The molecule has 0 aliphatic heterocycles. The van der Waals surface area contributed by atoms with Crippen LogP contribution in [0.5, 0.6) is 0 Å². The summed E-state index contributed by atoms with van der Waals surface area (Å²) in [6.07, 6.45) is 12.3. The molecule has 2 heteroatoms. The van der Waals surface area contributed by atoms with Crippen molar-refractivity contribution in [3.63, 3.8) is 0 Å². The van der Waals surface area contributed by atoms with Crippen LogP contribution in [-0.2, 0) is 12.8 Å². The molecule has 0 spiro atoms. The minimum atomic E-state index is 1.09. The summed E-state index contributed by atoms with van der Waals surface area (Å²) in [6.45, 7) is 4.55. The van der Waals surface area contributed by atoms with E-state index in [-0.39, 0.29) is 0 Å². The first-order valence-corrected chi connectivity index (χ1v) is 18.8. The molecule has 0 aliphatic carbocycles. The van der Waals surface area contributed by atoms with Crippen LogP contribution < -0.4 is 9.80 Å². The van der Waals surface area contributed by atoms with E-state index in [0.717, 1.165) is 12.8 Å². The van der Waals surface area contributed by atoms with E-state index in [1.807, 2.05) is 0 Å². The zero-order valence-corrected chi connectivity index (χ0v) is 30.0. The average molecular weight is 657 g/mol. The Hall–Kier alpha value is -5.08. The number of benzene rings is 6. The second-order valence-electron chi connectivity index (χ2n) is 13.3. The summed E-state index contributed by atoms with van der Waals surface area (Å²) >= 11 is 0. The molecule has 0 aromatic heterocycles. The van der Waals surface area contributed by atoms with Crippen LogP contribution in [0.15, 0.2) is 158 Å². The molecule has 6 aromatic carbocycles. The summed E-state index contributed by atoms with van der Waals surface area (Å²) < 4.78 is 0. The molecule has 0 fully saturated rings. The Balaban J connectivity index is 1.29. The van der Waals surface area contributed by atoms with Crippen LogP contribution in [-0.4, -0.2) is 0 Å². The lowest BCUT2D eigenvalue weighted by Gasteiger charge is -2.28. The molecule has 254 valence electrons. The van der Waals surface area contributed by atoms with Crippen molar-refractivity contribution in [3.05, 3.63) is 169 Å². The van der Waals surface area contributed by atoms with Crippen LogP contribution in [0, 0.1) is 0 Å². The Morgan fingerprint density at radius 2 is 0.660 bits per heavy atom. The van der Waals surface area contributed by atoms with Gasteiger partial charge < -0.3 is 9.80 Å². The SMILES string of the molecule is CCCCCCc1ccccc1N(c1ccccc1)c1ccc(-c2ccc(N(c3ccccc3)c3ccccc3CCCCCC)cc2)cc1. The van der Waals surface area contributed by atoms with Gasteiger partial charge in [0.15, 0.2) is 0 Å². The van der Waals surface area contributed by atoms with E-state index >= 15 is 0 Å². The minimum absolute atomic E-state index is 1.09. The highest BCUT2D eigenvalue weighted by molar-refractivity contribution is 5.82. The highest BCUT2D eigenvalue weighted by atomic mass is 15.1. The summed E-state index contributed by atoms with van der Waals surface area (Å²) in [7, 11) is 0. The topological polar surface area (TPSA) is 6.48 Å². The third kappa shape index (κ3) is 8.74. The van der Waals surface area contributed by atoms with Gasteiger partial charge in [0, 0.05) is 34.1 Å². The van der Waals surface area contributed by atoms with Gasteiger partial charge in [-0.05, 0) is 109 Å². The fraction of sp³-hybridized carbons (Fsp3) is 0.250. The molecule has 0 bridgehead atoms. The lowest BCUT2D eigenvalue weighted by Crippen LogP contribution is -2.12. The third-order valence-corrected chi connectivity index (χ3v) is 9.68. The number of unbranched alkanes of at least 4 members (excludes halogenated alkanes) is 6. The van der Waals surface area contributed by atoms with Crippen LogP contribution in [0.25, 0.3) is 11.1 Å². The van der Waals surface area contributed by atoms with Gasteiger partial charge >= 0.3 is 0 Å². The van der Waals surface area contributed by atoms with Crippen molar-refractivity contribution >= 4 is 34.1 Å². The summed E-state index contributed by atoms with van der Waals surface area (Å²) in [5, 5.41) is 0. The molecule has 0 atom stereocenters. The Labute approximate surface area is 301 Å². The molecule has 0 aliphatic rings. The first-order chi connectivity index (χ1) is 24.8. The van der Waals surface area contributed by atoms with E-state index in [9.17, 15) is 0 Å². The highest BCUT2D eigenvalue weighted by Gasteiger charge is 2.18. The monoisotopic (exact) mass is 656 g/mol. The minimum Gasteiger partial charge on any atom is -0.310 e. The molecule has 0 amide bonds. The Morgan fingerprint density at radius 3 is 1.04 bits per heavy atom. The van der Waals surface area contributed by atoms with Gasteiger partial charge in [0.25, 0.3) is 0 Å². The van der Waals surface area contributed by atoms with E-state index < -0.39 is 0 Å². The lowest BCUT2D eigenvalue weighted by molar-refractivity contribution is 0.667. The predicted molar refractivity (Wildman–Crippen MR) is 217 cm³/mol. The van der Waals surface area contributed by atoms with Crippen LogP contribution in [0.4, 0.5) is 34.1 Å². The number of anilines is 6. The number of para-hydroxylation sites is 4. The van der Waals surface area contributed by atoms with E-state index in [4.69, 9.17) is 0 Å². The normalized spacial score (nSPS) is 11.0. The van der Waals surface area contributed by atoms with Gasteiger partial charge in [0.1, 0.15) is 0 Å². The van der Waals surface area contributed by atoms with Gasteiger partial charge in [-0.15, -0.1) is 0 Å². The summed E-state index contributed by atoms with van der Waals surface area (Å²) in [6, 6.07) is 57.6. The molecule has 0 heterocycles. The van der Waals surface area contributed by atoms with Gasteiger partial charge in [0.2, 0.25) is 0 Å². The zero-order valence-electron chi connectivity index (χ0n) is 30.0. The maximum absolute atomic E-state index is 2.42. The van der Waals surface area contributed by atoms with Gasteiger partial charge in [-0.3, -0.25) is 0 Å². The molecule has 0 N–H and O–H groups in total. The number of hydrogen-bond donors (Lipinski definition) is 0. The van der Waals surface area contributed by atoms with Crippen molar-refractivity contribution in [2.75, 3.05) is 9.80 Å². The first-order valence-electron chi connectivity index (χ1n) is 18.8. The van der Waals surface area contributed by atoms with Crippen LogP contribution >= 0.6 is 0 Å². The largest absolute Gasteiger partial charge is 0.310 e. The van der Waals surface area contributed by atoms with Gasteiger partial charge in [-0.2, -0.15) is 0 Å². The molecule has 50 heavy (non-hydrogen) atoms. The first kappa shape index (κ1) is 34.8. The molecule has 2 nitrogen and oxygen atoms in total. The number of nitrogens with zero attached hydrogens (tertiary/aromatic N) is 2. The van der Waals surface area contributed by atoms with Crippen molar-refractivity contribution in [3.8, 4) is 11.1 Å². The van der Waals surface area contributed by atoms with Crippen molar-refractivity contribution in [2.45, 2.75) is 78.1 Å². The quantitative estimate of drug-likeness (QED) is 0.0902. The van der Waals surface area contributed by atoms with E-state index in [1.165, 1.54) is 108 Å². The maximum atomic E-state index is 2.42. The van der Waals surface area contributed by atoms with Crippen LogP contribution in [0.3, 0.4) is 0 Å². The zero-order chi connectivity index (χ0) is 34.4. The van der Waals surface area contributed by atoms with E-state index in [2.05, 4.69) is 181 Å². The molecular weight excluding hydrogens is 605 g/mol. The van der Waals surface area contributed by atoms with Crippen molar-refractivity contribution in [2.24, 2.45) is 0 Å². The maximum Gasteiger partial charge on any atom is 0.0493 e. The fourth-order valence-electron chi connectivity index (χ4n) is 6.98. The standard InChI is InChI=1S/C48H52N2/c1-3-5-7-11-21-41-23-17-19-29-47(41)49(43-25-13-9-14-26-43)45-35-31-39(32-36-45)40-33-37-46(38-34-40)50(44-27-15-10-16-28-44)48-30-20-18-24-42(48)22-12-8-6-4-2/h9-10,13-20,23-38H,3-8,11-12,21-22H2,1-2H3. The molecular formula is C48H52N2. The molecule has 0 radical (unpaired) electrons. The summed E-state index contributed by atoms with van der Waals surface area (Å²) in [5.74, 6) is 0. The molecule has 0 saturated heterocycles. The van der Waals surface area contributed by atoms with Crippen LogP contribution in [0.2, 0.25) is 0 Å². The Morgan fingerprint density at radius 1 is 0.320 bits per heavy atom. The molecule has 0 unspecified atom stereocenters. The summed E-state index contributed by atoms with van der Waals surface area (Å²) in [5.41, 5.74) is 12.4. The third-order valence-electron chi connectivity index (χ3n) is 9.68. The Kier molecular flexibility index (Phi) is 12.6. The van der Waals surface area contributed by atoms with Crippen molar-refractivity contribution < 1.29 is 0 Å². The number of rotatable bonds is 17. The van der Waals surface area contributed by atoms with Crippen molar-refractivity contribution in [1.29, 1.82) is 0 Å². The predicted octanol–water partition coefficient (Wildman–Crippen LogP) is 14.5. The van der Waals surface area contributed by atoms with E-state index in [0.29, 0.717) is 0 Å². The molecule has 6 rings (SSSR count). The second kappa shape index (κ2) is 18.1. The van der Waals surface area contributed by atoms with Gasteiger partial charge in [-0.1, -0.05) is 149 Å². The summed E-state index contributed by atoms with van der Waals surface area (Å²) in [4.78, 5) is 4.83.